The fourth-order valence-corrected chi connectivity index (χ4v) is 3.60. The molecule has 31 heavy (non-hydrogen) atoms. The molecule has 1 aliphatic carbocycles. The SMILES string of the molecule is CCOc1nc(N)c2nc(O)n(Cc3ccc(CNC4CC(F)(F)C4)cc3OC)c2n1. The molecule has 1 fully saturated rings. The summed E-state index contributed by atoms with van der Waals surface area (Å²) >= 11 is 0. The molecule has 0 saturated heterocycles. The highest BCUT2D eigenvalue weighted by molar-refractivity contribution is 5.83. The van der Waals surface area contributed by atoms with E-state index in [1.165, 1.54) is 4.57 Å². The number of nitrogens with zero attached hydrogens (tertiary/aromatic N) is 4. The van der Waals surface area contributed by atoms with Crippen LogP contribution in [0.1, 0.15) is 30.9 Å². The van der Waals surface area contributed by atoms with Crippen molar-refractivity contribution in [1.82, 2.24) is 24.8 Å². The van der Waals surface area contributed by atoms with Gasteiger partial charge in [0.1, 0.15) is 5.75 Å². The van der Waals surface area contributed by atoms with E-state index in [9.17, 15) is 13.9 Å². The van der Waals surface area contributed by atoms with Crippen molar-refractivity contribution in [2.75, 3.05) is 19.5 Å². The quantitative estimate of drug-likeness (QED) is 0.495. The Morgan fingerprint density at radius 1 is 1.29 bits per heavy atom. The number of halogens is 2. The molecule has 0 radical (unpaired) electrons. The molecule has 166 valence electrons. The van der Waals surface area contributed by atoms with Crippen LogP contribution in [0.2, 0.25) is 0 Å². The minimum Gasteiger partial charge on any atom is -0.496 e. The average Bonchev–Trinajstić information content (AvgIpc) is 3.02. The molecule has 0 spiro atoms. The average molecular weight is 434 g/mol. The van der Waals surface area contributed by atoms with E-state index in [-0.39, 0.29) is 48.8 Å². The second-order valence-corrected chi connectivity index (χ2v) is 7.48. The number of nitrogens with one attached hydrogen (secondary N) is 1. The van der Waals surface area contributed by atoms with Gasteiger partial charge >= 0.3 is 6.01 Å². The van der Waals surface area contributed by atoms with Crippen LogP contribution in [0, 0.1) is 0 Å². The molecule has 1 saturated carbocycles. The van der Waals surface area contributed by atoms with Gasteiger partial charge in [-0.2, -0.15) is 15.0 Å². The van der Waals surface area contributed by atoms with Crippen LogP contribution in [0.15, 0.2) is 18.2 Å². The van der Waals surface area contributed by atoms with Crippen LogP contribution in [-0.4, -0.2) is 50.3 Å². The third-order valence-corrected chi connectivity index (χ3v) is 5.22. The first-order chi connectivity index (χ1) is 14.8. The minimum atomic E-state index is -2.55. The molecule has 3 aromatic rings. The third-order valence-electron chi connectivity index (χ3n) is 5.22. The van der Waals surface area contributed by atoms with E-state index in [0.717, 1.165) is 11.1 Å². The van der Waals surface area contributed by atoms with Crippen molar-refractivity contribution < 1.29 is 23.4 Å². The van der Waals surface area contributed by atoms with Gasteiger partial charge in [0.2, 0.25) is 0 Å². The van der Waals surface area contributed by atoms with Crippen molar-refractivity contribution in [2.45, 2.75) is 44.8 Å². The number of fused-ring (bicyclic) bond motifs is 1. The number of imidazole rings is 1. The number of methoxy groups -OCH3 is 1. The molecular formula is C20H24F2N6O3. The Balaban J connectivity index is 1.56. The smallest absolute Gasteiger partial charge is 0.320 e. The van der Waals surface area contributed by atoms with Crippen molar-refractivity contribution in [3.8, 4) is 17.8 Å². The highest BCUT2D eigenvalue weighted by atomic mass is 19.3. The summed E-state index contributed by atoms with van der Waals surface area (Å²) < 4.78 is 38.3. The van der Waals surface area contributed by atoms with E-state index in [0.29, 0.717) is 24.5 Å². The Labute approximate surface area is 177 Å². The molecule has 1 aliphatic rings. The van der Waals surface area contributed by atoms with Gasteiger partial charge in [-0.05, 0) is 18.6 Å². The zero-order valence-corrected chi connectivity index (χ0v) is 17.2. The second kappa shape index (κ2) is 8.14. The van der Waals surface area contributed by atoms with Crippen molar-refractivity contribution in [1.29, 1.82) is 0 Å². The molecule has 1 aromatic carbocycles. The normalized spacial score (nSPS) is 15.7. The second-order valence-electron chi connectivity index (χ2n) is 7.48. The largest absolute Gasteiger partial charge is 0.496 e. The van der Waals surface area contributed by atoms with Crippen LogP contribution in [0.5, 0.6) is 17.8 Å². The van der Waals surface area contributed by atoms with Gasteiger partial charge in [-0.15, -0.1) is 0 Å². The monoisotopic (exact) mass is 434 g/mol. The Bertz CT molecular complexity index is 1100. The van der Waals surface area contributed by atoms with Crippen LogP contribution in [0.3, 0.4) is 0 Å². The fourth-order valence-electron chi connectivity index (χ4n) is 3.60. The van der Waals surface area contributed by atoms with Gasteiger partial charge in [0.15, 0.2) is 17.0 Å². The number of benzene rings is 1. The molecule has 4 N–H and O–H groups in total. The van der Waals surface area contributed by atoms with Crippen molar-refractivity contribution >= 4 is 17.0 Å². The molecule has 0 unspecified atom stereocenters. The van der Waals surface area contributed by atoms with Crippen LogP contribution in [0.4, 0.5) is 14.6 Å². The van der Waals surface area contributed by atoms with E-state index < -0.39 is 5.92 Å². The predicted octanol–water partition coefficient (Wildman–Crippen LogP) is 2.46. The summed E-state index contributed by atoms with van der Waals surface area (Å²) in [5.41, 5.74) is 8.22. The molecule has 0 aliphatic heterocycles. The van der Waals surface area contributed by atoms with Gasteiger partial charge in [0.05, 0.1) is 20.3 Å². The summed E-state index contributed by atoms with van der Waals surface area (Å²) in [5, 5.41) is 13.5. The molecule has 4 rings (SSSR count). The Hall–Kier alpha value is -3.21. The van der Waals surface area contributed by atoms with Crippen molar-refractivity contribution in [2.24, 2.45) is 0 Å². The maximum atomic E-state index is 13.0. The third kappa shape index (κ3) is 4.31. The fraction of sp³-hybridized carbons (Fsp3) is 0.450. The first kappa shape index (κ1) is 21.0. The summed E-state index contributed by atoms with van der Waals surface area (Å²) in [7, 11) is 1.54. The van der Waals surface area contributed by atoms with Crippen molar-refractivity contribution in [3.63, 3.8) is 0 Å². The highest BCUT2D eigenvalue weighted by Crippen LogP contribution is 2.37. The molecule has 0 atom stereocenters. The summed E-state index contributed by atoms with van der Waals surface area (Å²) in [6.45, 7) is 2.84. The first-order valence-electron chi connectivity index (χ1n) is 9.92. The highest BCUT2D eigenvalue weighted by Gasteiger charge is 2.44. The minimum absolute atomic E-state index is 0.101. The van der Waals surface area contributed by atoms with Crippen LogP contribution in [-0.2, 0) is 13.1 Å². The van der Waals surface area contributed by atoms with Crippen LogP contribution < -0.4 is 20.5 Å². The number of aromatic nitrogens is 4. The summed E-state index contributed by atoms with van der Waals surface area (Å²) in [5.74, 6) is -1.85. The van der Waals surface area contributed by atoms with Gasteiger partial charge in [-0.1, -0.05) is 12.1 Å². The van der Waals surface area contributed by atoms with Crippen molar-refractivity contribution in [3.05, 3.63) is 29.3 Å². The molecule has 0 bridgehead atoms. The first-order valence-corrected chi connectivity index (χ1v) is 9.92. The van der Waals surface area contributed by atoms with E-state index in [4.69, 9.17) is 15.2 Å². The summed E-state index contributed by atoms with van der Waals surface area (Å²) in [6.07, 6.45) is -0.270. The van der Waals surface area contributed by atoms with Gasteiger partial charge in [-0.3, -0.25) is 4.57 Å². The summed E-state index contributed by atoms with van der Waals surface area (Å²) in [4.78, 5) is 12.4. The lowest BCUT2D eigenvalue weighted by Crippen LogP contribution is -2.48. The number of nitrogen functional groups attached to an aromatic ring is 1. The van der Waals surface area contributed by atoms with Gasteiger partial charge in [-0.25, -0.2) is 8.78 Å². The van der Waals surface area contributed by atoms with Gasteiger partial charge in [0.25, 0.3) is 11.9 Å². The molecule has 11 heteroatoms. The van der Waals surface area contributed by atoms with E-state index in [1.54, 1.807) is 14.0 Å². The Morgan fingerprint density at radius 3 is 2.74 bits per heavy atom. The number of anilines is 1. The zero-order chi connectivity index (χ0) is 22.2. The predicted molar refractivity (Wildman–Crippen MR) is 109 cm³/mol. The number of alkyl halides is 2. The molecule has 0 amide bonds. The number of hydrogen-bond donors (Lipinski definition) is 3. The Kier molecular flexibility index (Phi) is 5.52. The molecule has 2 aromatic heterocycles. The topological polar surface area (TPSA) is 120 Å². The molecular weight excluding hydrogens is 410 g/mol. The van der Waals surface area contributed by atoms with E-state index >= 15 is 0 Å². The van der Waals surface area contributed by atoms with E-state index in [1.807, 2.05) is 18.2 Å². The van der Waals surface area contributed by atoms with Crippen LogP contribution >= 0.6 is 0 Å². The van der Waals surface area contributed by atoms with Gasteiger partial charge < -0.3 is 25.6 Å². The standard InChI is InChI=1S/C20H24F2N6O3/c1-3-31-18-26-16(23)15-17(27-18)28(19(29)25-15)10-12-5-4-11(6-14(12)30-2)9-24-13-7-20(21,22)8-13/h4-6,13,24H,3,7-10H2,1-2H3,(H,25,29)(H2,23,26,27). The Morgan fingerprint density at radius 2 is 2.06 bits per heavy atom. The molecule has 9 nitrogen and oxygen atoms in total. The van der Waals surface area contributed by atoms with E-state index in [2.05, 4.69) is 20.3 Å². The number of aromatic hydroxyl groups is 1. The summed E-state index contributed by atoms with van der Waals surface area (Å²) in [6, 6.07) is 5.23. The lowest BCUT2D eigenvalue weighted by atomic mass is 9.88. The maximum absolute atomic E-state index is 13.0. The number of ether oxygens (including phenoxy) is 2. The lowest BCUT2D eigenvalue weighted by molar-refractivity contribution is -0.0930. The number of hydrogen-bond acceptors (Lipinski definition) is 8. The molecule has 2 heterocycles. The number of rotatable bonds is 8. The lowest BCUT2D eigenvalue weighted by Gasteiger charge is -2.35. The number of nitrogens with two attached hydrogens (primary N) is 1. The zero-order valence-electron chi connectivity index (χ0n) is 17.2. The maximum Gasteiger partial charge on any atom is 0.320 e. The van der Waals surface area contributed by atoms with Crippen LogP contribution in [0.25, 0.3) is 11.2 Å². The van der Waals surface area contributed by atoms with Gasteiger partial charge in [0, 0.05) is 31.0 Å².